The Labute approximate surface area is 115 Å². The molecule has 1 aromatic rings. The summed E-state index contributed by atoms with van der Waals surface area (Å²) in [7, 11) is 1.74. The third kappa shape index (κ3) is 5.04. The van der Waals surface area contributed by atoms with Gasteiger partial charge in [-0.25, -0.2) is 4.98 Å². The number of hydrogen-bond acceptors (Lipinski definition) is 4. The molecular weight excluding hydrogens is 244 g/mol. The van der Waals surface area contributed by atoms with E-state index in [0.717, 1.165) is 26.1 Å². The Bertz CT molecular complexity index is 348. The second-order valence-electron chi connectivity index (χ2n) is 5.34. The van der Waals surface area contributed by atoms with E-state index in [1.54, 1.807) is 7.11 Å². The second kappa shape index (κ2) is 7.87. The summed E-state index contributed by atoms with van der Waals surface area (Å²) in [6.07, 6.45) is 0.922. The SMILES string of the molecule is COCCc1nc(C(C)C)c(CNCC(C)C)s1. The zero-order valence-electron chi connectivity index (χ0n) is 12.2. The number of nitrogens with zero attached hydrogens (tertiary/aromatic N) is 1. The van der Waals surface area contributed by atoms with E-state index < -0.39 is 0 Å². The fourth-order valence-electron chi connectivity index (χ4n) is 1.76. The molecule has 0 saturated heterocycles. The van der Waals surface area contributed by atoms with Crippen LogP contribution in [0.4, 0.5) is 0 Å². The molecule has 0 unspecified atom stereocenters. The average Bonchev–Trinajstić information content (AvgIpc) is 2.69. The Hall–Kier alpha value is -0.450. The van der Waals surface area contributed by atoms with Crippen LogP contribution >= 0.6 is 11.3 Å². The normalized spacial score (nSPS) is 11.7. The van der Waals surface area contributed by atoms with Crippen LogP contribution in [0.2, 0.25) is 0 Å². The van der Waals surface area contributed by atoms with Crippen LogP contribution in [0, 0.1) is 5.92 Å². The first-order chi connectivity index (χ1) is 8.54. The summed E-state index contributed by atoms with van der Waals surface area (Å²) in [4.78, 5) is 6.13. The van der Waals surface area contributed by atoms with Gasteiger partial charge in [0.05, 0.1) is 17.3 Å². The van der Waals surface area contributed by atoms with Gasteiger partial charge in [0.1, 0.15) is 0 Å². The highest BCUT2D eigenvalue weighted by atomic mass is 32.1. The number of hydrogen-bond donors (Lipinski definition) is 1. The minimum atomic E-state index is 0.494. The Morgan fingerprint density at radius 1 is 1.28 bits per heavy atom. The smallest absolute Gasteiger partial charge is 0.0954 e. The van der Waals surface area contributed by atoms with Crippen LogP contribution in [0.15, 0.2) is 0 Å². The van der Waals surface area contributed by atoms with Gasteiger partial charge in [-0.3, -0.25) is 0 Å². The molecule has 0 aliphatic carbocycles. The highest BCUT2D eigenvalue weighted by Gasteiger charge is 2.13. The average molecular weight is 270 g/mol. The Morgan fingerprint density at radius 2 is 2.00 bits per heavy atom. The quantitative estimate of drug-likeness (QED) is 0.787. The highest BCUT2D eigenvalue weighted by molar-refractivity contribution is 7.11. The van der Waals surface area contributed by atoms with Crippen molar-refractivity contribution in [3.63, 3.8) is 0 Å². The number of thiazole rings is 1. The lowest BCUT2D eigenvalue weighted by atomic mass is 10.1. The van der Waals surface area contributed by atoms with Crippen LogP contribution in [-0.4, -0.2) is 25.2 Å². The number of rotatable bonds is 8. The summed E-state index contributed by atoms with van der Waals surface area (Å²) in [5.41, 5.74) is 1.25. The molecule has 0 radical (unpaired) electrons. The van der Waals surface area contributed by atoms with E-state index >= 15 is 0 Å². The van der Waals surface area contributed by atoms with E-state index in [9.17, 15) is 0 Å². The molecule has 0 saturated carbocycles. The van der Waals surface area contributed by atoms with Crippen molar-refractivity contribution in [2.75, 3.05) is 20.3 Å². The summed E-state index contributed by atoms with van der Waals surface area (Å²) in [5, 5.41) is 4.70. The Balaban J connectivity index is 2.65. The molecule has 4 heteroatoms. The first-order valence-corrected chi connectivity index (χ1v) is 7.54. The monoisotopic (exact) mass is 270 g/mol. The van der Waals surface area contributed by atoms with Crippen molar-refractivity contribution in [1.29, 1.82) is 0 Å². The predicted molar refractivity (Wildman–Crippen MR) is 78.3 cm³/mol. The number of ether oxygens (including phenoxy) is 1. The molecule has 1 N–H and O–H groups in total. The first kappa shape index (κ1) is 15.6. The molecule has 0 spiro atoms. The summed E-state index contributed by atoms with van der Waals surface area (Å²) in [5.74, 6) is 1.18. The zero-order chi connectivity index (χ0) is 13.5. The molecule has 0 bridgehead atoms. The molecule has 104 valence electrons. The summed E-state index contributed by atoms with van der Waals surface area (Å²) < 4.78 is 5.12. The molecular formula is C14H26N2OS. The molecule has 0 aromatic carbocycles. The third-order valence-electron chi connectivity index (χ3n) is 2.68. The van der Waals surface area contributed by atoms with E-state index in [0.29, 0.717) is 11.8 Å². The van der Waals surface area contributed by atoms with Gasteiger partial charge >= 0.3 is 0 Å². The molecule has 1 aromatic heterocycles. The lowest BCUT2D eigenvalue weighted by Gasteiger charge is -2.08. The topological polar surface area (TPSA) is 34.1 Å². The van der Waals surface area contributed by atoms with Gasteiger partial charge in [0, 0.05) is 25.0 Å². The van der Waals surface area contributed by atoms with Crippen molar-refractivity contribution in [2.45, 2.75) is 46.6 Å². The molecule has 0 aliphatic heterocycles. The lowest BCUT2D eigenvalue weighted by Crippen LogP contribution is -2.19. The maximum atomic E-state index is 5.12. The summed E-state index contributed by atoms with van der Waals surface area (Å²) in [6.45, 7) is 11.6. The van der Waals surface area contributed by atoms with Gasteiger partial charge in [0.25, 0.3) is 0 Å². The minimum absolute atomic E-state index is 0.494. The van der Waals surface area contributed by atoms with Gasteiger partial charge in [0.15, 0.2) is 0 Å². The standard InChI is InChI=1S/C14H26N2OS/c1-10(2)8-15-9-12-14(11(3)4)16-13(18-12)6-7-17-5/h10-11,15H,6-9H2,1-5H3. The van der Waals surface area contributed by atoms with Gasteiger partial charge in [-0.15, -0.1) is 11.3 Å². The zero-order valence-corrected chi connectivity index (χ0v) is 13.1. The Morgan fingerprint density at radius 3 is 2.56 bits per heavy atom. The van der Waals surface area contributed by atoms with Crippen molar-refractivity contribution >= 4 is 11.3 Å². The maximum Gasteiger partial charge on any atom is 0.0954 e. The van der Waals surface area contributed by atoms with Crippen LogP contribution in [0.25, 0.3) is 0 Å². The van der Waals surface area contributed by atoms with Crippen molar-refractivity contribution in [3.05, 3.63) is 15.6 Å². The van der Waals surface area contributed by atoms with Crippen LogP contribution in [-0.2, 0) is 17.7 Å². The second-order valence-corrected chi connectivity index (χ2v) is 6.51. The van der Waals surface area contributed by atoms with Gasteiger partial charge in [0.2, 0.25) is 0 Å². The molecule has 0 amide bonds. The predicted octanol–water partition coefficient (Wildman–Crippen LogP) is 3.20. The van der Waals surface area contributed by atoms with Crippen LogP contribution < -0.4 is 5.32 Å². The van der Waals surface area contributed by atoms with Crippen molar-refractivity contribution in [1.82, 2.24) is 10.3 Å². The van der Waals surface area contributed by atoms with Crippen LogP contribution in [0.1, 0.15) is 49.2 Å². The molecule has 0 fully saturated rings. The maximum absolute atomic E-state index is 5.12. The van der Waals surface area contributed by atoms with Gasteiger partial charge in [-0.05, 0) is 18.4 Å². The third-order valence-corrected chi connectivity index (χ3v) is 3.81. The Kier molecular flexibility index (Phi) is 6.82. The number of nitrogens with one attached hydrogen (secondary N) is 1. The molecule has 3 nitrogen and oxygen atoms in total. The van der Waals surface area contributed by atoms with E-state index in [1.165, 1.54) is 15.6 Å². The summed E-state index contributed by atoms with van der Waals surface area (Å²) >= 11 is 1.83. The van der Waals surface area contributed by atoms with Crippen molar-refractivity contribution in [2.24, 2.45) is 5.92 Å². The minimum Gasteiger partial charge on any atom is -0.384 e. The van der Waals surface area contributed by atoms with Crippen molar-refractivity contribution < 1.29 is 4.74 Å². The lowest BCUT2D eigenvalue weighted by molar-refractivity contribution is 0.202. The fraction of sp³-hybridized carbons (Fsp3) is 0.786. The molecule has 18 heavy (non-hydrogen) atoms. The summed E-state index contributed by atoms with van der Waals surface area (Å²) in [6, 6.07) is 0. The molecule has 1 rings (SSSR count). The van der Waals surface area contributed by atoms with E-state index in [4.69, 9.17) is 9.72 Å². The molecule has 1 heterocycles. The first-order valence-electron chi connectivity index (χ1n) is 6.72. The molecule has 0 atom stereocenters. The van der Waals surface area contributed by atoms with Crippen molar-refractivity contribution in [3.8, 4) is 0 Å². The molecule has 0 aliphatic rings. The van der Waals surface area contributed by atoms with E-state index in [2.05, 4.69) is 33.0 Å². The van der Waals surface area contributed by atoms with E-state index in [1.807, 2.05) is 11.3 Å². The van der Waals surface area contributed by atoms with Crippen LogP contribution in [0.5, 0.6) is 0 Å². The van der Waals surface area contributed by atoms with Crippen LogP contribution in [0.3, 0.4) is 0 Å². The number of methoxy groups -OCH3 is 1. The number of aromatic nitrogens is 1. The fourth-order valence-corrected chi connectivity index (χ4v) is 2.94. The van der Waals surface area contributed by atoms with Gasteiger partial charge < -0.3 is 10.1 Å². The van der Waals surface area contributed by atoms with E-state index in [-0.39, 0.29) is 0 Å². The largest absolute Gasteiger partial charge is 0.384 e. The van der Waals surface area contributed by atoms with Gasteiger partial charge in [-0.2, -0.15) is 0 Å². The highest BCUT2D eigenvalue weighted by Crippen LogP contribution is 2.25. The van der Waals surface area contributed by atoms with Gasteiger partial charge in [-0.1, -0.05) is 27.7 Å².